The minimum absolute atomic E-state index is 0.0895. The summed E-state index contributed by atoms with van der Waals surface area (Å²) in [7, 11) is 1.30. The van der Waals surface area contributed by atoms with Gasteiger partial charge < -0.3 is 10.1 Å². The third-order valence-corrected chi connectivity index (χ3v) is 3.93. The molecule has 0 bridgehead atoms. The van der Waals surface area contributed by atoms with Gasteiger partial charge in [0.2, 0.25) is 5.91 Å². The summed E-state index contributed by atoms with van der Waals surface area (Å²) in [5.41, 5.74) is 0.556. The van der Waals surface area contributed by atoms with Crippen molar-refractivity contribution in [2.75, 3.05) is 13.7 Å². The van der Waals surface area contributed by atoms with E-state index in [0.29, 0.717) is 24.9 Å². The van der Waals surface area contributed by atoms with Crippen LogP contribution in [-0.2, 0) is 20.9 Å². The Bertz CT molecular complexity index is 595. The number of benzene rings is 1. The first-order valence-electron chi connectivity index (χ1n) is 7.49. The largest absolute Gasteiger partial charge is 0.468 e. The molecule has 1 heterocycles. The molecule has 0 saturated carbocycles. The summed E-state index contributed by atoms with van der Waals surface area (Å²) in [6.07, 6.45) is 0.796. The van der Waals surface area contributed by atoms with E-state index in [0.717, 1.165) is 12.1 Å². The van der Waals surface area contributed by atoms with Crippen molar-refractivity contribution in [3.8, 4) is 0 Å². The molecule has 23 heavy (non-hydrogen) atoms. The number of ether oxygens (including phenoxy) is 1. The van der Waals surface area contributed by atoms with E-state index >= 15 is 0 Å². The van der Waals surface area contributed by atoms with Gasteiger partial charge in [0.15, 0.2) is 11.6 Å². The second-order valence-corrected chi connectivity index (χ2v) is 5.57. The van der Waals surface area contributed by atoms with Crippen LogP contribution >= 0.6 is 0 Å². The minimum atomic E-state index is -0.924. The number of carbonyl (C=O) groups is 2. The number of hydrogen-bond acceptors (Lipinski definition) is 4. The topological polar surface area (TPSA) is 58.6 Å². The highest BCUT2D eigenvalue weighted by Gasteiger charge is 2.38. The van der Waals surface area contributed by atoms with Crippen molar-refractivity contribution in [3.05, 3.63) is 35.4 Å². The van der Waals surface area contributed by atoms with Crippen molar-refractivity contribution in [1.29, 1.82) is 0 Å². The molecular weight excluding hydrogens is 306 g/mol. The zero-order chi connectivity index (χ0) is 17.0. The molecule has 126 valence electrons. The second-order valence-electron chi connectivity index (χ2n) is 5.57. The van der Waals surface area contributed by atoms with Gasteiger partial charge >= 0.3 is 5.97 Å². The molecule has 0 radical (unpaired) electrons. The van der Waals surface area contributed by atoms with Crippen LogP contribution in [0.2, 0.25) is 0 Å². The molecule has 2 rings (SSSR count). The summed E-state index contributed by atoms with van der Waals surface area (Å²) in [4.78, 5) is 25.3. The Morgan fingerprint density at radius 3 is 2.70 bits per heavy atom. The summed E-state index contributed by atoms with van der Waals surface area (Å²) >= 11 is 0. The molecule has 1 aromatic rings. The van der Waals surface area contributed by atoms with Crippen LogP contribution in [0.5, 0.6) is 0 Å². The maximum Gasteiger partial charge on any atom is 0.323 e. The van der Waals surface area contributed by atoms with Gasteiger partial charge in [0.1, 0.15) is 6.04 Å². The highest BCUT2D eigenvalue weighted by molar-refractivity contribution is 5.78. The summed E-state index contributed by atoms with van der Waals surface area (Å²) in [5.74, 6) is -2.32. The van der Waals surface area contributed by atoms with Gasteiger partial charge in [-0.15, -0.1) is 0 Å². The molecule has 0 spiro atoms. The van der Waals surface area contributed by atoms with E-state index in [4.69, 9.17) is 4.74 Å². The van der Waals surface area contributed by atoms with E-state index in [1.165, 1.54) is 13.2 Å². The first-order chi connectivity index (χ1) is 10.9. The van der Waals surface area contributed by atoms with E-state index in [9.17, 15) is 18.4 Å². The lowest BCUT2D eigenvalue weighted by molar-refractivity contribution is -0.146. The number of halogens is 2. The molecule has 1 N–H and O–H groups in total. The van der Waals surface area contributed by atoms with Gasteiger partial charge in [-0.3, -0.25) is 14.5 Å². The number of hydrogen-bond donors (Lipinski definition) is 1. The molecule has 0 unspecified atom stereocenters. The van der Waals surface area contributed by atoms with Crippen LogP contribution in [0.4, 0.5) is 8.78 Å². The quantitative estimate of drug-likeness (QED) is 0.835. The smallest absolute Gasteiger partial charge is 0.323 e. The number of esters is 1. The lowest BCUT2D eigenvalue weighted by Gasteiger charge is -2.22. The fraction of sp³-hybridized carbons (Fsp3) is 0.500. The van der Waals surface area contributed by atoms with Crippen molar-refractivity contribution < 1.29 is 23.1 Å². The van der Waals surface area contributed by atoms with Crippen LogP contribution in [-0.4, -0.2) is 42.5 Å². The molecule has 5 nitrogen and oxygen atoms in total. The Balaban J connectivity index is 2.11. The van der Waals surface area contributed by atoms with Crippen LogP contribution in [0.3, 0.4) is 0 Å². The molecule has 1 saturated heterocycles. The van der Waals surface area contributed by atoms with Crippen LogP contribution in [0, 0.1) is 11.6 Å². The van der Waals surface area contributed by atoms with Gasteiger partial charge in [-0.05, 0) is 24.1 Å². The monoisotopic (exact) mass is 326 g/mol. The molecule has 1 aromatic carbocycles. The second kappa shape index (κ2) is 7.50. The normalized spacial score (nSPS) is 21.2. The van der Waals surface area contributed by atoms with Crippen LogP contribution in [0.1, 0.15) is 25.3 Å². The van der Waals surface area contributed by atoms with Crippen molar-refractivity contribution >= 4 is 11.9 Å². The average Bonchev–Trinajstić information content (AvgIpc) is 2.92. The molecule has 0 aromatic heterocycles. The van der Waals surface area contributed by atoms with E-state index < -0.39 is 23.6 Å². The predicted molar refractivity (Wildman–Crippen MR) is 79.4 cm³/mol. The van der Waals surface area contributed by atoms with Gasteiger partial charge in [-0.25, -0.2) is 8.78 Å². The molecule has 1 fully saturated rings. The maximum absolute atomic E-state index is 13.3. The molecule has 1 aliphatic rings. The first-order valence-corrected chi connectivity index (χ1v) is 7.49. The number of nitrogens with zero attached hydrogens (tertiary/aromatic N) is 1. The summed E-state index contributed by atoms with van der Waals surface area (Å²) in [6.45, 7) is 2.47. The maximum atomic E-state index is 13.3. The Morgan fingerprint density at radius 1 is 1.35 bits per heavy atom. The fourth-order valence-corrected chi connectivity index (χ4v) is 2.77. The summed E-state index contributed by atoms with van der Waals surface area (Å²) in [5, 5.41) is 2.85. The van der Waals surface area contributed by atoms with Crippen molar-refractivity contribution in [2.45, 2.75) is 38.4 Å². The first kappa shape index (κ1) is 17.3. The third-order valence-electron chi connectivity index (χ3n) is 3.93. The Morgan fingerprint density at radius 2 is 2.09 bits per heavy atom. The number of methoxy groups -OCH3 is 1. The van der Waals surface area contributed by atoms with Gasteiger partial charge in [0, 0.05) is 25.6 Å². The number of nitrogens with one attached hydrogen (secondary N) is 1. The zero-order valence-electron chi connectivity index (χ0n) is 13.1. The van der Waals surface area contributed by atoms with E-state index in [1.54, 1.807) is 11.8 Å². The predicted octanol–water partition coefficient (Wildman–Crippen LogP) is 1.61. The fourth-order valence-electron chi connectivity index (χ4n) is 2.77. The Labute approximate surface area is 133 Å². The van der Waals surface area contributed by atoms with E-state index in [2.05, 4.69) is 5.32 Å². The lowest BCUT2D eigenvalue weighted by Crippen LogP contribution is -2.37. The number of amides is 1. The van der Waals surface area contributed by atoms with E-state index in [-0.39, 0.29) is 18.5 Å². The molecule has 1 amide bonds. The number of likely N-dealkylation sites (tertiary alicyclic amines) is 1. The molecule has 0 aliphatic carbocycles. The summed E-state index contributed by atoms with van der Waals surface area (Å²) in [6, 6.07) is 2.96. The minimum Gasteiger partial charge on any atom is -0.468 e. The van der Waals surface area contributed by atoms with Gasteiger partial charge in [0.25, 0.3) is 0 Å². The van der Waals surface area contributed by atoms with Gasteiger partial charge in [-0.2, -0.15) is 0 Å². The standard InChI is InChI=1S/C16H20F2N2O3/c1-3-15(21)19-11-7-14(16(22)23-2)20(9-11)8-10-4-5-12(17)13(18)6-10/h4-6,11,14H,3,7-9H2,1-2H3,(H,19,21)/t11-,14-/m0/s1. The average molecular weight is 326 g/mol. The zero-order valence-corrected chi connectivity index (χ0v) is 13.1. The molecule has 2 atom stereocenters. The highest BCUT2D eigenvalue weighted by atomic mass is 19.2. The van der Waals surface area contributed by atoms with Gasteiger partial charge in [-0.1, -0.05) is 13.0 Å². The summed E-state index contributed by atoms with van der Waals surface area (Å²) < 4.78 is 31.1. The van der Waals surface area contributed by atoms with Gasteiger partial charge in [0.05, 0.1) is 7.11 Å². The Hall–Kier alpha value is -2.02. The number of rotatable bonds is 5. The van der Waals surface area contributed by atoms with Crippen molar-refractivity contribution in [1.82, 2.24) is 10.2 Å². The van der Waals surface area contributed by atoms with Crippen LogP contribution < -0.4 is 5.32 Å². The van der Waals surface area contributed by atoms with Crippen LogP contribution in [0.15, 0.2) is 18.2 Å². The lowest BCUT2D eigenvalue weighted by atomic mass is 10.1. The van der Waals surface area contributed by atoms with E-state index in [1.807, 2.05) is 0 Å². The van der Waals surface area contributed by atoms with Crippen molar-refractivity contribution in [2.24, 2.45) is 0 Å². The highest BCUT2D eigenvalue weighted by Crippen LogP contribution is 2.22. The van der Waals surface area contributed by atoms with Crippen LogP contribution in [0.25, 0.3) is 0 Å². The molecule has 1 aliphatic heterocycles. The Kier molecular flexibility index (Phi) is 5.65. The number of carbonyl (C=O) groups excluding carboxylic acids is 2. The molecule has 7 heteroatoms. The van der Waals surface area contributed by atoms with Crippen molar-refractivity contribution in [3.63, 3.8) is 0 Å². The third kappa shape index (κ3) is 4.25. The molecular formula is C16H20F2N2O3. The SMILES string of the molecule is CCC(=O)N[C@H]1C[C@@H](C(=O)OC)N(Cc2ccc(F)c(F)c2)C1.